The van der Waals surface area contributed by atoms with Crippen molar-refractivity contribution in [2.75, 3.05) is 16.2 Å². The number of benzene rings is 3. The molecule has 0 bridgehead atoms. The van der Waals surface area contributed by atoms with Crippen LogP contribution >= 0.6 is 0 Å². The molecule has 0 saturated heterocycles. The third kappa shape index (κ3) is 5.47. The average molecular weight is 470 g/mol. The van der Waals surface area contributed by atoms with E-state index >= 15 is 0 Å². The van der Waals surface area contributed by atoms with Crippen LogP contribution in [0.3, 0.4) is 0 Å². The van der Waals surface area contributed by atoms with Gasteiger partial charge in [0.15, 0.2) is 11.9 Å². The summed E-state index contributed by atoms with van der Waals surface area (Å²) in [4.78, 5) is 23.1. The number of nitrogens with zero attached hydrogens (tertiary/aromatic N) is 2. The largest absolute Gasteiger partial charge is 0.474 e. The van der Waals surface area contributed by atoms with Gasteiger partial charge >= 0.3 is 5.69 Å². The number of sulfonamides is 1. The second-order valence-corrected chi connectivity index (χ2v) is 8.87. The first-order valence-electron chi connectivity index (χ1n) is 10.1. The highest BCUT2D eigenvalue weighted by Gasteiger charge is 2.24. The molecule has 1 unspecified atom stereocenters. The summed E-state index contributed by atoms with van der Waals surface area (Å²) in [5, 5.41) is 13.7. The van der Waals surface area contributed by atoms with E-state index in [4.69, 9.17) is 4.74 Å². The van der Waals surface area contributed by atoms with Gasteiger partial charge in [-0.25, -0.2) is 8.42 Å². The van der Waals surface area contributed by atoms with E-state index in [0.717, 1.165) is 0 Å². The van der Waals surface area contributed by atoms with Crippen LogP contribution in [-0.4, -0.2) is 31.9 Å². The fourth-order valence-corrected chi connectivity index (χ4v) is 4.59. The van der Waals surface area contributed by atoms with Gasteiger partial charge in [-0.2, -0.15) is 0 Å². The molecular weight excluding hydrogens is 446 g/mol. The van der Waals surface area contributed by atoms with Crippen molar-refractivity contribution in [3.8, 4) is 5.75 Å². The number of nitrogens with one attached hydrogen (secondary N) is 1. The molecule has 1 atom stereocenters. The number of nitro groups is 1. The molecule has 0 saturated carbocycles. The zero-order valence-corrected chi connectivity index (χ0v) is 18.9. The number of carbonyl (C=O) groups excluding carboxylic acids is 1. The number of ether oxygens (including phenoxy) is 1. The van der Waals surface area contributed by atoms with Gasteiger partial charge in [0, 0.05) is 18.3 Å². The van der Waals surface area contributed by atoms with Crippen LogP contribution in [0, 0.1) is 10.1 Å². The summed E-state index contributed by atoms with van der Waals surface area (Å²) in [7, 11) is -3.79. The predicted molar refractivity (Wildman–Crippen MR) is 125 cm³/mol. The summed E-state index contributed by atoms with van der Waals surface area (Å²) in [6.45, 7) is 3.47. The minimum Gasteiger partial charge on any atom is -0.474 e. The Morgan fingerprint density at radius 3 is 2.24 bits per heavy atom. The van der Waals surface area contributed by atoms with Crippen molar-refractivity contribution in [1.29, 1.82) is 0 Å². The molecule has 0 spiro atoms. The van der Waals surface area contributed by atoms with E-state index in [1.54, 1.807) is 37.3 Å². The third-order valence-corrected chi connectivity index (χ3v) is 6.69. The summed E-state index contributed by atoms with van der Waals surface area (Å²) in [6.07, 6.45) is -1.02. The highest BCUT2D eigenvalue weighted by Crippen LogP contribution is 2.27. The van der Waals surface area contributed by atoms with Crippen LogP contribution in [0.5, 0.6) is 5.75 Å². The Bertz CT molecular complexity index is 1230. The highest BCUT2D eigenvalue weighted by molar-refractivity contribution is 7.92. The summed E-state index contributed by atoms with van der Waals surface area (Å²) >= 11 is 0. The Morgan fingerprint density at radius 1 is 1.03 bits per heavy atom. The van der Waals surface area contributed by atoms with Crippen LogP contribution in [0.1, 0.15) is 13.8 Å². The number of carbonyl (C=O) groups is 1. The maximum Gasteiger partial charge on any atom is 0.310 e. The van der Waals surface area contributed by atoms with E-state index in [9.17, 15) is 23.3 Å². The number of amides is 1. The Morgan fingerprint density at radius 2 is 1.64 bits per heavy atom. The van der Waals surface area contributed by atoms with Crippen molar-refractivity contribution in [3.63, 3.8) is 0 Å². The van der Waals surface area contributed by atoms with E-state index in [2.05, 4.69) is 5.32 Å². The van der Waals surface area contributed by atoms with Gasteiger partial charge in [0.25, 0.3) is 15.9 Å². The molecule has 0 heterocycles. The van der Waals surface area contributed by atoms with Crippen molar-refractivity contribution in [1.82, 2.24) is 0 Å². The van der Waals surface area contributed by atoms with Gasteiger partial charge in [0.2, 0.25) is 0 Å². The van der Waals surface area contributed by atoms with Crippen LogP contribution in [0.25, 0.3) is 0 Å². The first-order valence-corrected chi connectivity index (χ1v) is 11.6. The quantitative estimate of drug-likeness (QED) is 0.370. The number of rotatable bonds is 9. The number of hydrogen-bond acceptors (Lipinski definition) is 6. The molecule has 1 N–H and O–H groups in total. The van der Waals surface area contributed by atoms with Crippen LogP contribution in [0.15, 0.2) is 83.8 Å². The zero-order valence-electron chi connectivity index (χ0n) is 18.0. The van der Waals surface area contributed by atoms with E-state index in [1.807, 2.05) is 6.07 Å². The lowest BCUT2D eigenvalue weighted by Gasteiger charge is -2.23. The van der Waals surface area contributed by atoms with Crippen LogP contribution < -0.4 is 14.4 Å². The molecule has 33 heavy (non-hydrogen) atoms. The molecule has 0 radical (unpaired) electrons. The molecule has 0 aromatic heterocycles. The third-order valence-electron chi connectivity index (χ3n) is 4.78. The molecule has 1 amide bonds. The van der Waals surface area contributed by atoms with Crippen LogP contribution in [-0.2, 0) is 14.8 Å². The zero-order chi connectivity index (χ0) is 24.0. The van der Waals surface area contributed by atoms with Gasteiger partial charge in [-0.1, -0.05) is 30.3 Å². The molecule has 3 rings (SSSR count). The molecule has 0 aliphatic heterocycles. The fraction of sp³-hybridized carbons (Fsp3) is 0.174. The number of nitro benzene ring substituents is 1. The molecule has 10 heteroatoms. The highest BCUT2D eigenvalue weighted by atomic mass is 32.2. The Balaban J connectivity index is 1.71. The van der Waals surface area contributed by atoms with Crippen LogP contribution in [0.2, 0.25) is 0 Å². The van der Waals surface area contributed by atoms with Crippen LogP contribution in [0.4, 0.5) is 17.1 Å². The lowest BCUT2D eigenvalue weighted by molar-refractivity contribution is -0.386. The SMILES string of the molecule is CCN(c1ccccc1)S(=O)(=O)c1ccc(NC(=O)C(C)Oc2ccccc2[N+](=O)[O-])cc1. The summed E-state index contributed by atoms with van der Waals surface area (Å²) in [5.41, 5.74) is 0.670. The van der Waals surface area contributed by atoms with E-state index in [1.165, 1.54) is 53.7 Å². The second-order valence-electron chi connectivity index (χ2n) is 7.00. The maximum absolute atomic E-state index is 13.1. The predicted octanol–water partition coefficient (Wildman–Crippen LogP) is 4.22. The van der Waals surface area contributed by atoms with Crippen molar-refractivity contribution in [2.45, 2.75) is 24.8 Å². The standard InChI is InChI=1S/C23H23N3O6S/c1-3-25(19-9-5-4-6-10-19)33(30,31)20-15-13-18(14-16-20)24-23(27)17(2)32-22-12-8-7-11-21(22)26(28)29/h4-17H,3H2,1-2H3,(H,24,27). The smallest absolute Gasteiger partial charge is 0.310 e. The van der Waals surface area contributed by atoms with Crippen molar-refractivity contribution < 1.29 is 22.9 Å². The molecule has 3 aromatic rings. The molecule has 0 fully saturated rings. The fourth-order valence-electron chi connectivity index (χ4n) is 3.12. The van der Waals surface area contributed by atoms with Gasteiger partial charge in [-0.15, -0.1) is 0 Å². The topological polar surface area (TPSA) is 119 Å². The summed E-state index contributed by atoms with van der Waals surface area (Å²) < 4.78 is 32.9. The first kappa shape index (κ1) is 23.7. The van der Waals surface area contributed by atoms with Gasteiger partial charge in [-0.3, -0.25) is 19.2 Å². The lowest BCUT2D eigenvalue weighted by Crippen LogP contribution is -2.31. The molecular formula is C23H23N3O6S. The molecule has 9 nitrogen and oxygen atoms in total. The summed E-state index contributed by atoms with van der Waals surface area (Å²) in [5.74, 6) is -0.560. The molecule has 172 valence electrons. The van der Waals surface area contributed by atoms with Crippen molar-refractivity contribution in [2.24, 2.45) is 0 Å². The van der Waals surface area contributed by atoms with Crippen molar-refractivity contribution >= 4 is 33.0 Å². The molecule has 0 aliphatic rings. The minimum atomic E-state index is -3.79. The van der Waals surface area contributed by atoms with Gasteiger partial charge in [0.05, 0.1) is 15.5 Å². The minimum absolute atomic E-state index is 0.0211. The summed E-state index contributed by atoms with van der Waals surface area (Å²) in [6, 6.07) is 20.3. The maximum atomic E-state index is 13.1. The second kappa shape index (κ2) is 10.1. The lowest BCUT2D eigenvalue weighted by atomic mass is 10.2. The monoisotopic (exact) mass is 469 g/mol. The first-order chi connectivity index (χ1) is 15.7. The molecule has 3 aromatic carbocycles. The average Bonchev–Trinajstić information content (AvgIpc) is 2.80. The Hall–Kier alpha value is -3.92. The number of hydrogen-bond donors (Lipinski definition) is 1. The number of anilines is 2. The van der Waals surface area contributed by atoms with Gasteiger partial charge in [0.1, 0.15) is 0 Å². The normalized spacial score (nSPS) is 11.9. The van der Waals surface area contributed by atoms with Gasteiger partial charge < -0.3 is 10.1 Å². The van der Waals surface area contributed by atoms with E-state index in [-0.39, 0.29) is 22.9 Å². The van der Waals surface area contributed by atoms with Crippen molar-refractivity contribution in [3.05, 3.63) is 89.0 Å². The van der Waals surface area contributed by atoms with E-state index in [0.29, 0.717) is 11.4 Å². The van der Waals surface area contributed by atoms with E-state index < -0.39 is 27.0 Å². The molecule has 0 aliphatic carbocycles. The Labute approximate surface area is 191 Å². The van der Waals surface area contributed by atoms with Gasteiger partial charge in [-0.05, 0) is 56.3 Å². The number of para-hydroxylation sites is 3. The Kier molecular flexibility index (Phi) is 7.29.